The van der Waals surface area contributed by atoms with Crippen molar-refractivity contribution >= 4 is 33.2 Å². The van der Waals surface area contributed by atoms with Gasteiger partial charge < -0.3 is 14.2 Å². The van der Waals surface area contributed by atoms with Crippen LogP contribution in [0.15, 0.2) is 52.3 Å². The zero-order chi connectivity index (χ0) is 21.7. The summed E-state index contributed by atoms with van der Waals surface area (Å²) in [6.45, 7) is 2.30. The van der Waals surface area contributed by atoms with E-state index in [0.717, 1.165) is 20.5 Å². The number of carbonyl (C=O) groups excluding carboxylic acids is 1. The molecule has 0 aliphatic carbocycles. The van der Waals surface area contributed by atoms with E-state index in [1.54, 1.807) is 19.2 Å². The molecule has 3 aromatic rings. The van der Waals surface area contributed by atoms with Crippen molar-refractivity contribution in [3.05, 3.63) is 69.3 Å². The minimum Gasteiger partial charge on any atom is -0.497 e. The lowest BCUT2D eigenvalue weighted by Gasteiger charge is -2.13. The first kappa shape index (κ1) is 22.3. The smallest absolute Gasteiger partial charge is 0.306 e. The van der Waals surface area contributed by atoms with Gasteiger partial charge in [-0.2, -0.15) is 0 Å². The second kappa shape index (κ2) is 10.1. The summed E-state index contributed by atoms with van der Waals surface area (Å²) in [5.41, 5.74) is 2.41. The summed E-state index contributed by atoms with van der Waals surface area (Å²) in [4.78, 5) is 12.3. The summed E-state index contributed by atoms with van der Waals surface area (Å²) in [5, 5.41) is 1.95. The molecule has 0 spiro atoms. The first-order valence-corrected chi connectivity index (χ1v) is 11.0. The van der Waals surface area contributed by atoms with Gasteiger partial charge in [-0.3, -0.25) is 4.79 Å². The summed E-state index contributed by atoms with van der Waals surface area (Å²) in [6, 6.07) is 12.3. The van der Waals surface area contributed by atoms with E-state index in [4.69, 9.17) is 14.2 Å². The van der Waals surface area contributed by atoms with Gasteiger partial charge in [0, 0.05) is 15.6 Å². The third-order valence-corrected chi connectivity index (χ3v) is 6.97. The van der Waals surface area contributed by atoms with E-state index in [-0.39, 0.29) is 17.7 Å². The van der Waals surface area contributed by atoms with Crippen molar-refractivity contribution in [1.82, 2.24) is 0 Å². The van der Waals surface area contributed by atoms with Crippen LogP contribution >= 0.6 is 27.3 Å². The van der Waals surface area contributed by atoms with Gasteiger partial charge in [0.05, 0.1) is 25.5 Å². The molecule has 1 heterocycles. The second-order valence-corrected chi connectivity index (χ2v) is 8.46. The highest BCUT2D eigenvalue weighted by molar-refractivity contribution is 9.10. The normalized spacial score (nSPS) is 11.8. The van der Waals surface area contributed by atoms with E-state index in [2.05, 4.69) is 15.9 Å². The van der Waals surface area contributed by atoms with Crippen LogP contribution in [0.25, 0.3) is 10.4 Å². The maximum atomic E-state index is 14.3. The summed E-state index contributed by atoms with van der Waals surface area (Å²) < 4.78 is 31.1. The Morgan fingerprint density at radius 2 is 1.97 bits per heavy atom. The van der Waals surface area contributed by atoms with Gasteiger partial charge in [-0.15, -0.1) is 11.3 Å². The third-order valence-electron chi connectivity index (χ3n) is 4.74. The maximum Gasteiger partial charge on any atom is 0.306 e. The number of benzene rings is 2. The molecule has 0 N–H and O–H groups in total. The Balaban J connectivity index is 1.73. The van der Waals surface area contributed by atoms with Gasteiger partial charge in [0.15, 0.2) is 0 Å². The molecule has 158 valence electrons. The van der Waals surface area contributed by atoms with E-state index in [9.17, 15) is 9.18 Å². The Bertz CT molecular complexity index is 1030. The molecule has 1 atom stereocenters. The maximum absolute atomic E-state index is 14.3. The number of halogens is 2. The van der Waals surface area contributed by atoms with Crippen molar-refractivity contribution in [2.45, 2.75) is 25.9 Å². The first-order chi connectivity index (χ1) is 14.4. The topological polar surface area (TPSA) is 44.8 Å². The fourth-order valence-electron chi connectivity index (χ4n) is 2.99. The highest BCUT2D eigenvalue weighted by Crippen LogP contribution is 2.40. The lowest BCUT2D eigenvalue weighted by atomic mass is 9.98. The van der Waals surface area contributed by atoms with Gasteiger partial charge in [-0.1, -0.05) is 19.1 Å². The molecule has 3 rings (SSSR count). The molecule has 0 saturated carbocycles. The van der Waals surface area contributed by atoms with Crippen LogP contribution in [0.3, 0.4) is 0 Å². The molecule has 0 aliphatic heterocycles. The number of carbonyl (C=O) groups is 1. The van der Waals surface area contributed by atoms with Crippen LogP contribution < -0.4 is 9.47 Å². The van der Waals surface area contributed by atoms with Gasteiger partial charge in [-0.25, -0.2) is 4.39 Å². The van der Waals surface area contributed by atoms with Crippen LogP contribution in [0.4, 0.5) is 4.39 Å². The zero-order valence-electron chi connectivity index (χ0n) is 16.9. The second-order valence-electron chi connectivity index (χ2n) is 6.79. The molecule has 0 unspecified atom stereocenters. The predicted octanol–water partition coefficient (Wildman–Crippen LogP) is 6.57. The molecule has 0 saturated heterocycles. The fourth-order valence-corrected chi connectivity index (χ4v) is 4.83. The average Bonchev–Trinajstić information content (AvgIpc) is 3.12. The largest absolute Gasteiger partial charge is 0.497 e. The lowest BCUT2D eigenvalue weighted by Crippen LogP contribution is -2.06. The van der Waals surface area contributed by atoms with Crippen LogP contribution in [-0.4, -0.2) is 20.2 Å². The lowest BCUT2D eigenvalue weighted by molar-refractivity contribution is -0.140. The van der Waals surface area contributed by atoms with Crippen molar-refractivity contribution in [1.29, 1.82) is 0 Å². The molecule has 7 heteroatoms. The first-order valence-electron chi connectivity index (χ1n) is 9.32. The van der Waals surface area contributed by atoms with Gasteiger partial charge in [0.1, 0.15) is 23.9 Å². The molecular weight excluding hydrogens is 471 g/mol. The Kier molecular flexibility index (Phi) is 7.50. The van der Waals surface area contributed by atoms with Crippen molar-refractivity contribution in [3.8, 4) is 21.9 Å². The summed E-state index contributed by atoms with van der Waals surface area (Å²) >= 11 is 5.03. The van der Waals surface area contributed by atoms with Gasteiger partial charge >= 0.3 is 5.97 Å². The van der Waals surface area contributed by atoms with Crippen molar-refractivity contribution in [2.24, 2.45) is 0 Å². The third kappa shape index (κ3) is 5.21. The molecule has 4 nitrogen and oxygen atoms in total. The molecule has 30 heavy (non-hydrogen) atoms. The Labute approximate surface area is 187 Å². The molecule has 0 aliphatic rings. The van der Waals surface area contributed by atoms with Gasteiger partial charge in [0.2, 0.25) is 0 Å². The van der Waals surface area contributed by atoms with Gasteiger partial charge in [0.25, 0.3) is 0 Å². The molecular formula is C23H22BrFO4S. The predicted molar refractivity (Wildman–Crippen MR) is 120 cm³/mol. The molecule has 0 fully saturated rings. The minimum absolute atomic E-state index is 0.0246. The molecule has 0 amide bonds. The Morgan fingerprint density at radius 1 is 1.17 bits per heavy atom. The highest BCUT2D eigenvalue weighted by atomic mass is 79.9. The summed E-state index contributed by atoms with van der Waals surface area (Å²) in [6.07, 6.45) is 0.311. The van der Waals surface area contributed by atoms with Crippen LogP contribution in [0.5, 0.6) is 11.5 Å². The standard InChI is InChI=1S/C23H22BrFO4S/c1-14(9-21(26)28-3)15-5-4-6-18(10-15)29-12-16-13-30-23(22(16)24)19-11-17(27-2)7-8-20(19)25/h4-8,10-11,13-14H,9,12H2,1-3H3/t14-/m1/s1. The zero-order valence-corrected chi connectivity index (χ0v) is 19.3. The number of thiophene rings is 1. The van der Waals surface area contributed by atoms with E-state index in [1.165, 1.54) is 24.5 Å². The van der Waals surface area contributed by atoms with E-state index >= 15 is 0 Å². The minimum atomic E-state index is -0.307. The van der Waals surface area contributed by atoms with E-state index in [0.29, 0.717) is 30.1 Å². The Morgan fingerprint density at radius 3 is 2.70 bits per heavy atom. The van der Waals surface area contributed by atoms with Crippen molar-refractivity contribution in [2.75, 3.05) is 14.2 Å². The molecule has 0 bridgehead atoms. The van der Waals surface area contributed by atoms with E-state index in [1.807, 2.05) is 36.6 Å². The number of esters is 1. The number of hydrogen-bond acceptors (Lipinski definition) is 5. The van der Waals surface area contributed by atoms with Crippen molar-refractivity contribution in [3.63, 3.8) is 0 Å². The summed E-state index contributed by atoms with van der Waals surface area (Å²) in [7, 11) is 2.94. The SMILES string of the molecule is COC(=O)C[C@@H](C)c1cccc(OCc2csc(-c3cc(OC)ccc3F)c2Br)c1. The van der Waals surface area contributed by atoms with Crippen LogP contribution in [0, 0.1) is 5.82 Å². The highest BCUT2D eigenvalue weighted by Gasteiger charge is 2.16. The van der Waals surface area contributed by atoms with Crippen LogP contribution in [0.1, 0.15) is 30.4 Å². The number of rotatable bonds is 8. The van der Waals surface area contributed by atoms with Crippen LogP contribution in [-0.2, 0) is 16.1 Å². The quantitative estimate of drug-likeness (QED) is 0.333. The number of ether oxygens (including phenoxy) is 3. The summed E-state index contributed by atoms with van der Waals surface area (Å²) in [5.74, 6) is 0.779. The van der Waals surface area contributed by atoms with Crippen LogP contribution in [0.2, 0.25) is 0 Å². The monoisotopic (exact) mass is 492 g/mol. The van der Waals surface area contributed by atoms with E-state index < -0.39 is 0 Å². The number of methoxy groups -OCH3 is 2. The van der Waals surface area contributed by atoms with Crippen molar-refractivity contribution < 1.29 is 23.4 Å². The molecule has 0 radical (unpaired) electrons. The average molecular weight is 493 g/mol. The Hall–Kier alpha value is -2.38. The number of hydrogen-bond donors (Lipinski definition) is 0. The molecule has 2 aromatic carbocycles. The fraction of sp³-hybridized carbons (Fsp3) is 0.261. The molecule has 1 aromatic heterocycles. The van der Waals surface area contributed by atoms with Gasteiger partial charge in [-0.05, 0) is 63.1 Å².